The highest BCUT2D eigenvalue weighted by Crippen LogP contribution is 2.38. The third-order valence-electron chi connectivity index (χ3n) is 4.33. The monoisotopic (exact) mass is 399 g/mol. The molecule has 3 aromatic rings. The van der Waals surface area contributed by atoms with E-state index in [-0.39, 0.29) is 5.91 Å². The molecule has 8 heteroatoms. The van der Waals surface area contributed by atoms with E-state index in [4.69, 9.17) is 23.2 Å². The summed E-state index contributed by atoms with van der Waals surface area (Å²) >= 11 is 12.5. The predicted octanol–water partition coefficient (Wildman–Crippen LogP) is 4.51. The van der Waals surface area contributed by atoms with E-state index < -0.39 is 6.04 Å². The number of aromatic nitrogens is 3. The number of benzene rings is 2. The van der Waals surface area contributed by atoms with Crippen molar-refractivity contribution < 1.29 is 4.79 Å². The van der Waals surface area contributed by atoms with Crippen LogP contribution in [0.2, 0.25) is 10.0 Å². The largest absolute Gasteiger partial charge is 0.328 e. The zero-order chi connectivity index (χ0) is 19.0. The first-order chi connectivity index (χ1) is 13.0. The Morgan fingerprint density at radius 1 is 1.19 bits per heavy atom. The molecule has 0 fully saturated rings. The molecule has 0 spiro atoms. The zero-order valence-corrected chi connectivity index (χ0v) is 15.8. The summed E-state index contributed by atoms with van der Waals surface area (Å²) in [6.07, 6.45) is 1.43. The van der Waals surface area contributed by atoms with Crippen molar-refractivity contribution in [1.29, 1.82) is 0 Å². The van der Waals surface area contributed by atoms with Crippen LogP contribution < -0.4 is 10.6 Å². The number of amides is 1. The third kappa shape index (κ3) is 3.29. The van der Waals surface area contributed by atoms with Crippen LogP contribution in [0.4, 0.5) is 11.6 Å². The summed E-state index contributed by atoms with van der Waals surface area (Å²) in [5.41, 5.74) is 2.60. The van der Waals surface area contributed by atoms with Gasteiger partial charge < -0.3 is 10.6 Å². The van der Waals surface area contributed by atoms with Crippen molar-refractivity contribution in [3.05, 3.63) is 81.7 Å². The minimum absolute atomic E-state index is 0.247. The second kappa shape index (κ2) is 7.06. The van der Waals surface area contributed by atoms with Gasteiger partial charge in [-0.3, -0.25) is 4.79 Å². The molecule has 0 bridgehead atoms. The first-order valence-corrected chi connectivity index (χ1v) is 8.99. The number of rotatable bonds is 3. The van der Waals surface area contributed by atoms with Crippen molar-refractivity contribution in [2.24, 2.45) is 0 Å². The number of hydrogen-bond donors (Lipinski definition) is 2. The first-order valence-electron chi connectivity index (χ1n) is 8.23. The number of hydrogen-bond acceptors (Lipinski definition) is 4. The lowest BCUT2D eigenvalue weighted by molar-refractivity contribution is -0.113. The van der Waals surface area contributed by atoms with Crippen LogP contribution in [0.3, 0.4) is 0 Å². The van der Waals surface area contributed by atoms with Crippen LogP contribution in [-0.4, -0.2) is 20.7 Å². The van der Waals surface area contributed by atoms with Crippen LogP contribution >= 0.6 is 23.2 Å². The van der Waals surface area contributed by atoms with Gasteiger partial charge >= 0.3 is 0 Å². The molecule has 2 N–H and O–H groups in total. The van der Waals surface area contributed by atoms with E-state index in [9.17, 15) is 4.79 Å². The van der Waals surface area contributed by atoms with Gasteiger partial charge in [0.1, 0.15) is 12.4 Å². The van der Waals surface area contributed by atoms with E-state index >= 15 is 0 Å². The molecular weight excluding hydrogens is 385 g/mol. The van der Waals surface area contributed by atoms with Gasteiger partial charge in [0.15, 0.2) is 0 Å². The van der Waals surface area contributed by atoms with E-state index in [1.165, 1.54) is 6.33 Å². The highest BCUT2D eigenvalue weighted by Gasteiger charge is 2.34. The maximum absolute atomic E-state index is 13.1. The van der Waals surface area contributed by atoms with Crippen molar-refractivity contribution in [1.82, 2.24) is 14.8 Å². The van der Waals surface area contributed by atoms with Gasteiger partial charge in [0, 0.05) is 27.0 Å². The second-order valence-corrected chi connectivity index (χ2v) is 6.92. The summed E-state index contributed by atoms with van der Waals surface area (Å²) in [5, 5.41) is 11.3. The van der Waals surface area contributed by atoms with Gasteiger partial charge in [0.05, 0.1) is 5.57 Å². The number of allylic oxidation sites excluding steroid dienone is 1. The topological polar surface area (TPSA) is 71.8 Å². The minimum atomic E-state index is -0.530. The predicted molar refractivity (Wildman–Crippen MR) is 106 cm³/mol. The van der Waals surface area contributed by atoms with Crippen molar-refractivity contribution in [3.8, 4) is 0 Å². The van der Waals surface area contributed by atoms with Gasteiger partial charge in [0.2, 0.25) is 5.95 Å². The molecule has 4 rings (SSSR count). The molecule has 6 nitrogen and oxygen atoms in total. The smallest absolute Gasteiger partial charge is 0.255 e. The van der Waals surface area contributed by atoms with Crippen LogP contribution in [0.25, 0.3) is 0 Å². The van der Waals surface area contributed by atoms with E-state index in [1.54, 1.807) is 22.9 Å². The molecule has 1 unspecified atom stereocenters. The number of nitrogens with zero attached hydrogens (tertiary/aromatic N) is 3. The molecule has 0 saturated carbocycles. The Kier molecular flexibility index (Phi) is 4.59. The average molecular weight is 400 g/mol. The number of para-hydroxylation sites is 1. The Labute approximate surface area is 165 Å². The zero-order valence-electron chi connectivity index (χ0n) is 14.3. The number of carbonyl (C=O) groups is 1. The van der Waals surface area contributed by atoms with Gasteiger partial charge in [-0.2, -0.15) is 10.1 Å². The van der Waals surface area contributed by atoms with Crippen LogP contribution in [-0.2, 0) is 4.79 Å². The number of nitrogens with one attached hydrogen (secondary N) is 2. The molecule has 0 radical (unpaired) electrons. The van der Waals surface area contributed by atoms with E-state index in [2.05, 4.69) is 20.7 Å². The molecule has 1 aliphatic rings. The summed E-state index contributed by atoms with van der Waals surface area (Å²) in [6, 6.07) is 13.9. The van der Waals surface area contributed by atoms with Crippen LogP contribution in [0.15, 0.2) is 66.1 Å². The summed E-state index contributed by atoms with van der Waals surface area (Å²) in [7, 11) is 0. The normalized spacial score (nSPS) is 15.9. The number of carbonyl (C=O) groups excluding carboxylic acids is 1. The Morgan fingerprint density at radius 2 is 1.96 bits per heavy atom. The number of fused-ring (bicyclic) bond motifs is 1. The number of anilines is 2. The van der Waals surface area contributed by atoms with Crippen LogP contribution in [0, 0.1) is 0 Å². The Hall–Kier alpha value is -2.83. The quantitative estimate of drug-likeness (QED) is 0.679. The molecule has 0 saturated heterocycles. The highest BCUT2D eigenvalue weighted by molar-refractivity contribution is 6.35. The molecule has 0 aliphatic carbocycles. The fraction of sp³-hybridized carbons (Fsp3) is 0.105. The lowest BCUT2D eigenvalue weighted by Gasteiger charge is -2.29. The average Bonchev–Trinajstić information content (AvgIpc) is 3.09. The minimum Gasteiger partial charge on any atom is -0.328 e. The van der Waals surface area contributed by atoms with Gasteiger partial charge in [-0.05, 0) is 31.2 Å². The molecule has 1 amide bonds. The van der Waals surface area contributed by atoms with Gasteiger partial charge in [-0.15, -0.1) is 0 Å². The fourth-order valence-electron chi connectivity index (χ4n) is 3.12. The molecule has 2 heterocycles. The molecule has 136 valence electrons. The van der Waals surface area contributed by atoms with Gasteiger partial charge in [-0.1, -0.05) is 47.5 Å². The van der Waals surface area contributed by atoms with E-state index in [1.807, 2.05) is 37.3 Å². The second-order valence-electron chi connectivity index (χ2n) is 6.08. The van der Waals surface area contributed by atoms with Gasteiger partial charge in [-0.25, -0.2) is 4.68 Å². The summed E-state index contributed by atoms with van der Waals surface area (Å²) < 4.78 is 1.64. The maximum atomic E-state index is 13.1. The lowest BCUT2D eigenvalue weighted by Crippen LogP contribution is -2.31. The molecule has 1 aromatic heterocycles. The fourth-order valence-corrected chi connectivity index (χ4v) is 3.63. The van der Waals surface area contributed by atoms with Crippen molar-refractivity contribution in [2.75, 3.05) is 10.6 Å². The molecule has 2 aromatic carbocycles. The van der Waals surface area contributed by atoms with E-state index in [0.717, 1.165) is 0 Å². The first kappa shape index (κ1) is 17.6. The summed E-state index contributed by atoms with van der Waals surface area (Å²) in [5.74, 6) is 0.295. The van der Waals surface area contributed by atoms with Crippen LogP contribution in [0.5, 0.6) is 0 Å². The Balaban J connectivity index is 1.81. The number of halogens is 2. The molecule has 1 aliphatic heterocycles. The SMILES string of the molecule is CC1=C(C(=O)Nc2ccccc2)C(c2ccc(Cl)cc2Cl)n2ncnc2N1. The maximum Gasteiger partial charge on any atom is 0.255 e. The molecular formula is C19H15Cl2N5O. The highest BCUT2D eigenvalue weighted by atomic mass is 35.5. The van der Waals surface area contributed by atoms with Crippen LogP contribution in [0.1, 0.15) is 18.5 Å². The molecule has 27 heavy (non-hydrogen) atoms. The molecule has 1 atom stereocenters. The van der Waals surface area contributed by atoms with Crippen molar-refractivity contribution in [2.45, 2.75) is 13.0 Å². The summed E-state index contributed by atoms with van der Waals surface area (Å²) in [6.45, 7) is 1.83. The van der Waals surface area contributed by atoms with Crippen molar-refractivity contribution in [3.63, 3.8) is 0 Å². The summed E-state index contributed by atoms with van der Waals surface area (Å²) in [4.78, 5) is 17.3. The van der Waals surface area contributed by atoms with Gasteiger partial charge in [0.25, 0.3) is 5.91 Å². The third-order valence-corrected chi connectivity index (χ3v) is 4.89. The van der Waals surface area contributed by atoms with E-state index in [0.29, 0.717) is 38.5 Å². The standard InChI is InChI=1S/C19H15Cl2N5O/c1-11-16(18(27)25-13-5-3-2-4-6-13)17(26-19(24-11)22-10-23-26)14-8-7-12(20)9-15(14)21/h2-10,17H,1H3,(H,25,27)(H,22,23,24). The lowest BCUT2D eigenvalue weighted by atomic mass is 9.95. The Morgan fingerprint density at radius 3 is 2.70 bits per heavy atom. The van der Waals surface area contributed by atoms with Crippen molar-refractivity contribution >= 4 is 40.7 Å². The Bertz CT molecular complexity index is 1050.